The van der Waals surface area contributed by atoms with Crippen LogP contribution in [0.15, 0.2) is 41.6 Å². The summed E-state index contributed by atoms with van der Waals surface area (Å²) < 4.78 is 75.9. The normalized spacial score (nSPS) is 13.4. The van der Waals surface area contributed by atoms with Crippen molar-refractivity contribution in [3.63, 3.8) is 0 Å². The number of benzene rings is 2. The Kier molecular flexibility index (Phi) is 7.01. The largest absolute Gasteiger partial charge is 0.573 e. The van der Waals surface area contributed by atoms with Crippen LogP contribution in [0.25, 0.3) is 11.3 Å². The lowest BCUT2D eigenvalue weighted by Gasteiger charge is -2.16. The number of carbonyl (C=O) groups is 1. The minimum atomic E-state index is -5.11. The Bertz CT molecular complexity index is 1410. The number of aryl methyl sites for hydroxylation is 1. The zero-order chi connectivity index (χ0) is 26.9. The number of oxime groups is 1. The molecule has 4 rings (SSSR count). The molecule has 0 fully saturated rings. The van der Waals surface area contributed by atoms with Gasteiger partial charge in [0.05, 0.1) is 6.42 Å². The Morgan fingerprint density at radius 3 is 2.51 bits per heavy atom. The zero-order valence-corrected chi connectivity index (χ0v) is 19.4. The van der Waals surface area contributed by atoms with Crippen LogP contribution in [0.3, 0.4) is 0 Å². The fourth-order valence-corrected chi connectivity index (χ4v) is 3.76. The monoisotopic (exact) mass is 522 g/mol. The number of rotatable bonds is 7. The third-order valence-corrected chi connectivity index (χ3v) is 5.56. The molecule has 2 heterocycles. The van der Waals surface area contributed by atoms with E-state index in [0.29, 0.717) is 22.5 Å². The van der Waals surface area contributed by atoms with Gasteiger partial charge < -0.3 is 19.4 Å². The van der Waals surface area contributed by atoms with Crippen LogP contribution < -0.4 is 9.47 Å². The van der Waals surface area contributed by atoms with E-state index < -0.39 is 29.7 Å². The molecule has 0 saturated carbocycles. The lowest BCUT2D eigenvalue weighted by molar-refractivity contribution is -0.275. The van der Waals surface area contributed by atoms with E-state index in [0.717, 1.165) is 18.2 Å². The number of nitrogens with zero attached hydrogens (tertiary/aromatic N) is 2. The average molecular weight is 522 g/mol. The minimum absolute atomic E-state index is 0.0133. The van der Waals surface area contributed by atoms with E-state index in [4.69, 9.17) is 4.74 Å². The maximum Gasteiger partial charge on any atom is 0.573 e. The van der Waals surface area contributed by atoms with Crippen molar-refractivity contribution in [1.82, 2.24) is 4.98 Å². The molecule has 0 amide bonds. The molecule has 37 heavy (non-hydrogen) atoms. The third-order valence-electron chi connectivity index (χ3n) is 5.56. The molecule has 0 bridgehead atoms. The Morgan fingerprint density at radius 1 is 1.08 bits per heavy atom. The fraction of sp³-hybridized carbons (Fsp3) is 0.240. The van der Waals surface area contributed by atoms with Gasteiger partial charge in [-0.1, -0.05) is 5.16 Å². The molecule has 0 saturated heterocycles. The highest BCUT2D eigenvalue weighted by molar-refractivity contribution is 6.02. The van der Waals surface area contributed by atoms with Gasteiger partial charge in [-0.15, -0.1) is 13.2 Å². The molecule has 3 aromatic rings. The van der Waals surface area contributed by atoms with E-state index in [-0.39, 0.29) is 47.8 Å². The number of ether oxygens (including phenoxy) is 2. The number of halogens is 5. The fourth-order valence-electron chi connectivity index (χ4n) is 3.76. The number of carbonyl (C=O) groups excluding carboxylic acids is 1. The summed E-state index contributed by atoms with van der Waals surface area (Å²) in [6.45, 7) is 3.16. The first-order valence-electron chi connectivity index (χ1n) is 10.8. The predicted octanol–water partition coefficient (Wildman–Crippen LogP) is 5.52. The molecule has 0 atom stereocenters. The quantitative estimate of drug-likeness (QED) is 0.325. The van der Waals surface area contributed by atoms with Gasteiger partial charge in [0.1, 0.15) is 23.8 Å². The van der Waals surface area contributed by atoms with Gasteiger partial charge >= 0.3 is 12.3 Å². The first-order chi connectivity index (χ1) is 17.4. The van der Waals surface area contributed by atoms with E-state index in [1.807, 2.05) is 0 Å². The van der Waals surface area contributed by atoms with Gasteiger partial charge in [-0.05, 0) is 66.9 Å². The lowest BCUT2D eigenvalue weighted by atomic mass is 9.97. The molecule has 0 radical (unpaired) electrons. The Hall–Kier alpha value is -4.22. The summed E-state index contributed by atoms with van der Waals surface area (Å²) in [5.41, 5.74) is 2.09. The molecular formula is C25H19F5N2O5. The molecular weight excluding hydrogens is 503 g/mol. The van der Waals surface area contributed by atoms with Gasteiger partial charge in [-0.2, -0.15) is 0 Å². The maximum absolute atomic E-state index is 15.1. The molecule has 1 N–H and O–H groups in total. The van der Waals surface area contributed by atoms with Crippen LogP contribution in [0.5, 0.6) is 17.2 Å². The Morgan fingerprint density at radius 2 is 1.84 bits per heavy atom. The second kappa shape index (κ2) is 10.0. The maximum atomic E-state index is 15.1. The molecule has 0 aliphatic carbocycles. The van der Waals surface area contributed by atoms with E-state index in [1.54, 1.807) is 13.8 Å². The zero-order valence-electron chi connectivity index (χ0n) is 19.4. The van der Waals surface area contributed by atoms with Crippen molar-refractivity contribution in [1.29, 1.82) is 0 Å². The van der Waals surface area contributed by atoms with Gasteiger partial charge in [-0.25, -0.2) is 18.6 Å². The van der Waals surface area contributed by atoms with Crippen LogP contribution in [0.1, 0.15) is 28.8 Å². The van der Waals surface area contributed by atoms with Gasteiger partial charge in [0.15, 0.2) is 23.1 Å². The highest BCUT2D eigenvalue weighted by atomic mass is 19.4. The SMILES string of the molecule is Cc1cc(OCC2=NOC(=O)C2)c(F)c(C)c1Cc1ccc(O)c(-c2ccc(F)c(OC(F)(F)F)c2)n1. The third kappa shape index (κ3) is 5.96. The molecule has 2 aromatic carbocycles. The summed E-state index contributed by atoms with van der Waals surface area (Å²) in [5.74, 6) is -3.84. The van der Waals surface area contributed by atoms with Gasteiger partial charge in [0.25, 0.3) is 0 Å². The first kappa shape index (κ1) is 25.9. The molecule has 1 aliphatic heterocycles. The summed E-state index contributed by atoms with van der Waals surface area (Å²) in [7, 11) is 0. The van der Waals surface area contributed by atoms with Crippen LogP contribution in [0.2, 0.25) is 0 Å². The van der Waals surface area contributed by atoms with Gasteiger partial charge in [0.2, 0.25) is 0 Å². The Labute approximate surface area is 207 Å². The van der Waals surface area contributed by atoms with E-state index in [2.05, 4.69) is 19.7 Å². The second-order valence-electron chi connectivity index (χ2n) is 8.24. The van der Waals surface area contributed by atoms with E-state index in [1.165, 1.54) is 18.2 Å². The first-order valence-corrected chi connectivity index (χ1v) is 10.8. The highest BCUT2D eigenvalue weighted by Gasteiger charge is 2.32. The summed E-state index contributed by atoms with van der Waals surface area (Å²) in [4.78, 5) is 19.9. The van der Waals surface area contributed by atoms with Crippen molar-refractivity contribution in [2.45, 2.75) is 33.1 Å². The van der Waals surface area contributed by atoms with Crippen LogP contribution in [-0.2, 0) is 16.1 Å². The van der Waals surface area contributed by atoms with Crippen LogP contribution in [-0.4, -0.2) is 34.7 Å². The number of pyridine rings is 1. The summed E-state index contributed by atoms with van der Waals surface area (Å²) in [6, 6.07) is 6.95. The molecule has 194 valence electrons. The minimum Gasteiger partial charge on any atom is -0.506 e. The standard InChI is InChI=1S/C25H19F5N2O5/c1-12-7-21(35-11-16-10-22(34)37-32-16)23(27)13(2)17(12)9-15-4-6-19(33)24(31-15)14-3-5-18(26)20(8-14)36-25(28,29)30/h3-8,33H,9-11H2,1-2H3. The lowest BCUT2D eigenvalue weighted by Crippen LogP contribution is -2.18. The van der Waals surface area contributed by atoms with Crippen molar-refractivity contribution in [3.05, 3.63) is 70.4 Å². The topological polar surface area (TPSA) is 90.2 Å². The van der Waals surface area contributed by atoms with Crippen LogP contribution >= 0.6 is 0 Å². The molecule has 1 aromatic heterocycles. The van der Waals surface area contributed by atoms with E-state index in [9.17, 15) is 27.5 Å². The second-order valence-corrected chi connectivity index (χ2v) is 8.24. The van der Waals surface area contributed by atoms with Crippen LogP contribution in [0, 0.1) is 25.5 Å². The van der Waals surface area contributed by atoms with Crippen LogP contribution in [0.4, 0.5) is 22.0 Å². The van der Waals surface area contributed by atoms with Crippen molar-refractivity contribution in [2.24, 2.45) is 5.16 Å². The van der Waals surface area contributed by atoms with Crippen molar-refractivity contribution >= 4 is 11.7 Å². The van der Waals surface area contributed by atoms with Crippen molar-refractivity contribution < 1.29 is 46.2 Å². The van der Waals surface area contributed by atoms with Crippen molar-refractivity contribution in [3.8, 4) is 28.5 Å². The summed E-state index contributed by atoms with van der Waals surface area (Å²) >= 11 is 0. The number of aromatic hydroxyl groups is 1. The molecule has 0 unspecified atom stereocenters. The smallest absolute Gasteiger partial charge is 0.506 e. The summed E-state index contributed by atoms with van der Waals surface area (Å²) in [5, 5.41) is 13.8. The predicted molar refractivity (Wildman–Crippen MR) is 120 cm³/mol. The molecule has 0 spiro atoms. The Balaban J connectivity index is 1.60. The number of aromatic nitrogens is 1. The highest BCUT2D eigenvalue weighted by Crippen LogP contribution is 2.34. The number of alkyl halides is 3. The van der Waals surface area contributed by atoms with Gasteiger partial charge in [0, 0.05) is 17.7 Å². The number of hydrogen-bond acceptors (Lipinski definition) is 7. The average Bonchev–Trinajstić information content (AvgIpc) is 3.25. The molecule has 1 aliphatic rings. The number of hydrogen-bond donors (Lipinski definition) is 1. The molecule has 12 heteroatoms. The molecule has 7 nitrogen and oxygen atoms in total. The van der Waals surface area contributed by atoms with E-state index >= 15 is 4.39 Å². The summed E-state index contributed by atoms with van der Waals surface area (Å²) in [6.07, 6.45) is -5.03. The van der Waals surface area contributed by atoms with Gasteiger partial charge in [-0.3, -0.25) is 0 Å². The van der Waals surface area contributed by atoms with Crippen molar-refractivity contribution in [2.75, 3.05) is 6.61 Å².